The number of carbonyl (C=O) groups is 1. The number of sulfonamides is 1. The number of carbonyl (C=O) groups excluding carboxylic acids is 1. The lowest BCUT2D eigenvalue weighted by Gasteiger charge is -2.31. The molecule has 0 saturated carbocycles. The summed E-state index contributed by atoms with van der Waals surface area (Å²) in [5.41, 5.74) is 5.35. The van der Waals surface area contributed by atoms with Crippen LogP contribution in [0.1, 0.15) is 12.8 Å². The van der Waals surface area contributed by atoms with Crippen LogP contribution in [-0.2, 0) is 14.8 Å². The Kier molecular flexibility index (Phi) is 8.06. The Bertz CT molecular complexity index is 651. The molecule has 0 radical (unpaired) electrons. The fourth-order valence-corrected chi connectivity index (χ4v) is 5.99. The zero-order valence-electron chi connectivity index (χ0n) is 12.1. The van der Waals surface area contributed by atoms with Crippen LogP contribution in [0.4, 0.5) is 0 Å². The highest BCUT2D eigenvalue weighted by Crippen LogP contribution is 2.36. The lowest BCUT2D eigenvalue weighted by Crippen LogP contribution is -2.46. The minimum atomic E-state index is -3.74. The zero-order chi connectivity index (χ0) is 16.3. The number of amides is 1. The quantitative estimate of drug-likeness (QED) is 0.758. The topological polar surface area (TPSA) is 92.5 Å². The number of nitrogens with one attached hydrogen (secondary N) is 1. The summed E-state index contributed by atoms with van der Waals surface area (Å²) >= 11 is 12.8. The van der Waals surface area contributed by atoms with E-state index in [2.05, 4.69) is 5.32 Å². The van der Waals surface area contributed by atoms with Crippen LogP contribution in [0.15, 0.2) is 11.0 Å². The van der Waals surface area contributed by atoms with E-state index in [-0.39, 0.29) is 40.0 Å². The van der Waals surface area contributed by atoms with Crippen molar-refractivity contribution < 1.29 is 13.2 Å². The van der Waals surface area contributed by atoms with Crippen LogP contribution in [-0.4, -0.2) is 44.8 Å². The molecule has 0 spiro atoms. The van der Waals surface area contributed by atoms with E-state index in [1.165, 1.54) is 10.4 Å². The third-order valence-electron chi connectivity index (χ3n) is 3.44. The number of rotatable bonds is 5. The molecule has 1 atom stereocenters. The minimum absolute atomic E-state index is 0. The molecule has 1 saturated heterocycles. The van der Waals surface area contributed by atoms with E-state index in [0.717, 1.165) is 11.3 Å². The van der Waals surface area contributed by atoms with Crippen LogP contribution < -0.4 is 11.1 Å². The van der Waals surface area contributed by atoms with Crippen LogP contribution in [0.2, 0.25) is 8.67 Å². The number of nitrogens with two attached hydrogens (primary N) is 1. The summed E-state index contributed by atoms with van der Waals surface area (Å²) in [5, 5.41) is 2.70. The second kappa shape index (κ2) is 8.84. The SMILES string of the molecule is Cl.NCCNC(=O)C1CCCN(S(=O)(=O)c2cc(Cl)sc2Cl)C1. The van der Waals surface area contributed by atoms with Gasteiger partial charge >= 0.3 is 0 Å². The highest BCUT2D eigenvalue weighted by Gasteiger charge is 2.35. The Hall–Kier alpha value is -0.0900. The van der Waals surface area contributed by atoms with Crippen LogP contribution in [0.3, 0.4) is 0 Å². The second-order valence-corrected chi connectivity index (χ2v) is 9.16. The first kappa shape index (κ1) is 21.0. The Morgan fingerprint density at radius 1 is 1.48 bits per heavy atom. The molecule has 0 bridgehead atoms. The van der Waals surface area contributed by atoms with Crippen LogP contribution >= 0.6 is 46.9 Å². The van der Waals surface area contributed by atoms with Gasteiger partial charge in [0.25, 0.3) is 0 Å². The number of nitrogens with zero attached hydrogens (tertiary/aromatic N) is 1. The molecule has 23 heavy (non-hydrogen) atoms. The second-order valence-electron chi connectivity index (χ2n) is 4.97. The monoisotopic (exact) mass is 421 g/mol. The van der Waals surface area contributed by atoms with Gasteiger partial charge in [-0.15, -0.1) is 23.7 Å². The smallest absolute Gasteiger partial charge is 0.245 e. The summed E-state index contributed by atoms with van der Waals surface area (Å²) in [6, 6.07) is 1.35. The predicted molar refractivity (Wildman–Crippen MR) is 95.1 cm³/mol. The summed E-state index contributed by atoms with van der Waals surface area (Å²) in [7, 11) is -3.74. The van der Waals surface area contributed by atoms with Crippen molar-refractivity contribution in [3.63, 3.8) is 0 Å². The number of hydrogen-bond donors (Lipinski definition) is 2. The standard InChI is InChI=1S/C12H17Cl2N3O3S2.ClH/c13-10-6-9(11(14)21-10)22(19,20)17-5-1-2-8(7-17)12(18)16-4-3-15;/h6,8H,1-5,7,15H2,(H,16,18);1H. The molecule has 1 fully saturated rings. The maximum absolute atomic E-state index is 12.6. The van der Waals surface area contributed by atoms with Gasteiger partial charge in [0.2, 0.25) is 15.9 Å². The molecule has 1 aromatic rings. The lowest BCUT2D eigenvalue weighted by atomic mass is 9.99. The van der Waals surface area contributed by atoms with Crippen molar-refractivity contribution in [2.45, 2.75) is 17.7 Å². The first-order chi connectivity index (χ1) is 10.4. The van der Waals surface area contributed by atoms with Crippen molar-refractivity contribution in [2.24, 2.45) is 11.7 Å². The van der Waals surface area contributed by atoms with E-state index < -0.39 is 10.0 Å². The maximum atomic E-state index is 12.6. The molecular weight excluding hydrogens is 405 g/mol. The molecule has 1 amide bonds. The average Bonchev–Trinajstić information content (AvgIpc) is 2.84. The van der Waals surface area contributed by atoms with Gasteiger partial charge in [-0.3, -0.25) is 4.79 Å². The van der Waals surface area contributed by atoms with Gasteiger partial charge in [-0.25, -0.2) is 8.42 Å². The van der Waals surface area contributed by atoms with Gasteiger partial charge in [-0.1, -0.05) is 23.2 Å². The third-order valence-corrected chi connectivity index (χ3v) is 7.06. The molecule has 2 heterocycles. The van der Waals surface area contributed by atoms with Gasteiger partial charge in [-0.2, -0.15) is 4.31 Å². The summed E-state index contributed by atoms with van der Waals surface area (Å²) in [5.74, 6) is -0.539. The molecule has 132 valence electrons. The fraction of sp³-hybridized carbons (Fsp3) is 0.583. The highest BCUT2D eigenvalue weighted by molar-refractivity contribution is 7.89. The van der Waals surface area contributed by atoms with E-state index in [1.54, 1.807) is 0 Å². The van der Waals surface area contributed by atoms with E-state index >= 15 is 0 Å². The molecule has 11 heteroatoms. The van der Waals surface area contributed by atoms with Crippen LogP contribution in [0.5, 0.6) is 0 Å². The van der Waals surface area contributed by atoms with Crippen molar-refractivity contribution >= 4 is 62.9 Å². The third kappa shape index (κ3) is 4.94. The Balaban J connectivity index is 0.00000264. The molecule has 0 aliphatic carbocycles. The van der Waals surface area contributed by atoms with E-state index in [1.807, 2.05) is 0 Å². The Labute approximate surface area is 155 Å². The Morgan fingerprint density at radius 2 is 2.17 bits per heavy atom. The fourth-order valence-electron chi connectivity index (χ4n) is 2.35. The van der Waals surface area contributed by atoms with Crippen molar-refractivity contribution in [3.8, 4) is 0 Å². The number of hydrogen-bond acceptors (Lipinski definition) is 5. The van der Waals surface area contributed by atoms with Gasteiger partial charge in [-0.05, 0) is 18.9 Å². The van der Waals surface area contributed by atoms with Crippen molar-refractivity contribution in [1.29, 1.82) is 0 Å². The maximum Gasteiger partial charge on any atom is 0.245 e. The molecule has 6 nitrogen and oxygen atoms in total. The van der Waals surface area contributed by atoms with Crippen LogP contribution in [0, 0.1) is 5.92 Å². The molecule has 1 aliphatic rings. The van der Waals surface area contributed by atoms with Crippen molar-refractivity contribution in [3.05, 3.63) is 14.7 Å². The number of piperidine rings is 1. The summed E-state index contributed by atoms with van der Waals surface area (Å²) in [4.78, 5) is 12.0. The average molecular weight is 423 g/mol. The van der Waals surface area contributed by atoms with E-state index in [4.69, 9.17) is 28.9 Å². The first-order valence-electron chi connectivity index (χ1n) is 6.79. The lowest BCUT2D eigenvalue weighted by molar-refractivity contribution is -0.126. The van der Waals surface area contributed by atoms with E-state index in [0.29, 0.717) is 36.8 Å². The molecule has 0 aromatic carbocycles. The molecular formula is C12H18Cl3N3O3S2. The molecule has 2 rings (SSSR count). The Morgan fingerprint density at radius 3 is 2.74 bits per heavy atom. The summed E-state index contributed by atoms with van der Waals surface area (Å²) < 4.78 is 27.0. The van der Waals surface area contributed by atoms with Crippen molar-refractivity contribution in [2.75, 3.05) is 26.2 Å². The number of halogens is 3. The predicted octanol–water partition coefficient (Wildman–Crippen LogP) is 1.95. The molecule has 3 N–H and O–H groups in total. The highest BCUT2D eigenvalue weighted by atomic mass is 35.5. The summed E-state index contributed by atoms with van der Waals surface area (Å²) in [6.45, 7) is 1.24. The minimum Gasteiger partial charge on any atom is -0.355 e. The normalized spacial score (nSPS) is 19.2. The van der Waals surface area contributed by atoms with Gasteiger partial charge in [0, 0.05) is 26.2 Å². The van der Waals surface area contributed by atoms with Gasteiger partial charge < -0.3 is 11.1 Å². The van der Waals surface area contributed by atoms with Crippen LogP contribution in [0.25, 0.3) is 0 Å². The largest absolute Gasteiger partial charge is 0.355 e. The first-order valence-corrected chi connectivity index (χ1v) is 9.80. The van der Waals surface area contributed by atoms with Gasteiger partial charge in [0.1, 0.15) is 9.23 Å². The molecule has 1 aliphatic heterocycles. The van der Waals surface area contributed by atoms with E-state index in [9.17, 15) is 13.2 Å². The van der Waals surface area contributed by atoms with Crippen molar-refractivity contribution in [1.82, 2.24) is 9.62 Å². The number of thiophene rings is 1. The summed E-state index contributed by atoms with van der Waals surface area (Å²) in [6.07, 6.45) is 1.27. The molecule has 1 aromatic heterocycles. The van der Waals surface area contributed by atoms with Gasteiger partial charge in [0.05, 0.1) is 10.3 Å². The molecule has 1 unspecified atom stereocenters. The van der Waals surface area contributed by atoms with Gasteiger partial charge in [0.15, 0.2) is 0 Å². The zero-order valence-corrected chi connectivity index (χ0v) is 16.1.